The van der Waals surface area contributed by atoms with Crippen LogP contribution in [0.4, 0.5) is 0 Å². The van der Waals surface area contributed by atoms with Crippen LogP contribution in [0.1, 0.15) is 39.0 Å². The van der Waals surface area contributed by atoms with E-state index in [1.807, 2.05) is 6.92 Å². The number of nitrogens with one attached hydrogen (secondary N) is 1. The third-order valence-electron chi connectivity index (χ3n) is 2.58. The van der Waals surface area contributed by atoms with E-state index in [4.69, 9.17) is 5.41 Å². The molecule has 1 aliphatic rings. The van der Waals surface area contributed by atoms with Crippen molar-refractivity contribution in [2.24, 2.45) is 5.92 Å². The fourth-order valence-corrected chi connectivity index (χ4v) is 1.87. The first kappa shape index (κ1) is 8.51. The molecule has 0 aromatic carbocycles. The zero-order chi connectivity index (χ0) is 8.10. The van der Waals surface area contributed by atoms with Gasteiger partial charge in [0.2, 0.25) is 0 Å². The second kappa shape index (κ2) is 4.32. The highest BCUT2D eigenvalue weighted by Crippen LogP contribution is 2.28. The molecule has 1 nitrogen and oxygen atoms in total. The molecule has 62 valence electrons. The van der Waals surface area contributed by atoms with Crippen molar-refractivity contribution in [1.82, 2.24) is 0 Å². The lowest BCUT2D eigenvalue weighted by Crippen LogP contribution is -2.09. The van der Waals surface area contributed by atoms with Gasteiger partial charge in [-0.25, -0.2) is 0 Å². The maximum Gasteiger partial charge on any atom is 0.0209 e. The summed E-state index contributed by atoms with van der Waals surface area (Å²) in [4.78, 5) is 0. The summed E-state index contributed by atoms with van der Waals surface area (Å²) in [6, 6.07) is 0. The van der Waals surface area contributed by atoms with Crippen LogP contribution in [0.5, 0.6) is 0 Å². The first-order valence-corrected chi connectivity index (χ1v) is 4.55. The largest absolute Gasteiger partial charge is 0.308 e. The Hall–Kier alpha value is -0.590. The normalized spacial score (nSPS) is 21.7. The van der Waals surface area contributed by atoms with Crippen molar-refractivity contribution >= 4 is 6.21 Å². The number of rotatable bonds is 2. The fourth-order valence-electron chi connectivity index (χ4n) is 1.87. The monoisotopic (exact) mass is 151 g/mol. The molecule has 1 heteroatoms. The van der Waals surface area contributed by atoms with Gasteiger partial charge in [0.1, 0.15) is 0 Å². The van der Waals surface area contributed by atoms with Crippen molar-refractivity contribution in [2.45, 2.75) is 39.0 Å². The standard InChI is InChI=1S/C10H17N/c1-2-9(8-11)10-6-4-3-5-7-10/h2,8,10-11H,3-7H2,1H3/b9-2+,11-8?. The summed E-state index contributed by atoms with van der Waals surface area (Å²) in [6.07, 6.45) is 10.3. The minimum absolute atomic E-state index is 0.700. The highest BCUT2D eigenvalue weighted by Gasteiger charge is 2.15. The van der Waals surface area contributed by atoms with Crippen LogP contribution in [0.2, 0.25) is 0 Å². The van der Waals surface area contributed by atoms with Gasteiger partial charge < -0.3 is 5.41 Å². The summed E-state index contributed by atoms with van der Waals surface area (Å²) in [5.74, 6) is 0.700. The van der Waals surface area contributed by atoms with E-state index >= 15 is 0 Å². The SMILES string of the molecule is C/C=C(\C=N)C1CCCCC1. The van der Waals surface area contributed by atoms with Gasteiger partial charge in [0.05, 0.1) is 0 Å². The lowest BCUT2D eigenvalue weighted by atomic mass is 9.84. The molecule has 0 spiro atoms. The first-order valence-electron chi connectivity index (χ1n) is 4.55. The number of hydrogen-bond acceptors (Lipinski definition) is 1. The van der Waals surface area contributed by atoms with Gasteiger partial charge >= 0.3 is 0 Å². The van der Waals surface area contributed by atoms with E-state index in [-0.39, 0.29) is 0 Å². The summed E-state index contributed by atoms with van der Waals surface area (Å²) in [6.45, 7) is 2.04. The predicted molar refractivity (Wildman–Crippen MR) is 49.1 cm³/mol. The molecule has 0 bridgehead atoms. The summed E-state index contributed by atoms with van der Waals surface area (Å²) in [7, 11) is 0. The van der Waals surface area contributed by atoms with E-state index < -0.39 is 0 Å². The number of allylic oxidation sites excluding steroid dienone is 2. The minimum atomic E-state index is 0.700. The van der Waals surface area contributed by atoms with Crippen molar-refractivity contribution in [3.05, 3.63) is 11.6 Å². The Labute approximate surface area is 69.0 Å². The summed E-state index contributed by atoms with van der Waals surface area (Å²) in [5, 5.41) is 7.20. The van der Waals surface area contributed by atoms with Gasteiger partial charge in [-0.1, -0.05) is 25.3 Å². The van der Waals surface area contributed by atoms with Crippen LogP contribution >= 0.6 is 0 Å². The maximum absolute atomic E-state index is 7.20. The van der Waals surface area contributed by atoms with Crippen molar-refractivity contribution in [3.63, 3.8) is 0 Å². The van der Waals surface area contributed by atoms with Crippen LogP contribution in [0.15, 0.2) is 11.6 Å². The van der Waals surface area contributed by atoms with E-state index in [1.165, 1.54) is 43.9 Å². The van der Waals surface area contributed by atoms with Gasteiger partial charge in [0, 0.05) is 6.21 Å². The molecule has 1 fully saturated rings. The van der Waals surface area contributed by atoms with Gasteiger partial charge in [-0.2, -0.15) is 0 Å². The molecule has 0 aliphatic heterocycles. The average molecular weight is 151 g/mol. The Morgan fingerprint density at radius 1 is 1.27 bits per heavy atom. The Balaban J connectivity index is 2.49. The Morgan fingerprint density at radius 2 is 1.91 bits per heavy atom. The van der Waals surface area contributed by atoms with Crippen molar-refractivity contribution in [1.29, 1.82) is 5.41 Å². The lowest BCUT2D eigenvalue weighted by Gasteiger charge is -2.21. The van der Waals surface area contributed by atoms with E-state index in [0.717, 1.165) is 0 Å². The molecule has 0 saturated heterocycles. The smallest absolute Gasteiger partial charge is 0.0209 e. The van der Waals surface area contributed by atoms with E-state index in [0.29, 0.717) is 5.92 Å². The molecular weight excluding hydrogens is 134 g/mol. The zero-order valence-electron chi connectivity index (χ0n) is 7.27. The third kappa shape index (κ3) is 2.18. The molecule has 0 aromatic rings. The van der Waals surface area contributed by atoms with Crippen LogP contribution in [-0.2, 0) is 0 Å². The minimum Gasteiger partial charge on any atom is -0.308 e. The van der Waals surface area contributed by atoms with Crippen LogP contribution in [0.25, 0.3) is 0 Å². The van der Waals surface area contributed by atoms with Crippen molar-refractivity contribution < 1.29 is 0 Å². The van der Waals surface area contributed by atoms with E-state index in [2.05, 4.69) is 6.08 Å². The summed E-state index contributed by atoms with van der Waals surface area (Å²) < 4.78 is 0. The molecule has 1 rings (SSSR count). The van der Waals surface area contributed by atoms with Crippen LogP contribution in [0.3, 0.4) is 0 Å². The molecule has 0 aromatic heterocycles. The number of hydrogen-bond donors (Lipinski definition) is 1. The van der Waals surface area contributed by atoms with Crippen LogP contribution in [-0.4, -0.2) is 6.21 Å². The quantitative estimate of drug-likeness (QED) is 0.586. The topological polar surface area (TPSA) is 23.9 Å². The molecule has 1 N–H and O–H groups in total. The molecule has 0 heterocycles. The molecule has 0 unspecified atom stereocenters. The van der Waals surface area contributed by atoms with Gasteiger partial charge in [0.25, 0.3) is 0 Å². The molecule has 0 radical (unpaired) electrons. The molecule has 1 saturated carbocycles. The predicted octanol–water partition coefficient (Wildman–Crippen LogP) is 3.16. The lowest BCUT2D eigenvalue weighted by molar-refractivity contribution is 0.412. The molecular formula is C10H17N. The van der Waals surface area contributed by atoms with Gasteiger partial charge in [-0.15, -0.1) is 0 Å². The summed E-state index contributed by atoms with van der Waals surface area (Å²) in [5.41, 5.74) is 1.24. The van der Waals surface area contributed by atoms with Crippen molar-refractivity contribution in [2.75, 3.05) is 0 Å². The van der Waals surface area contributed by atoms with E-state index in [1.54, 1.807) is 0 Å². The van der Waals surface area contributed by atoms with Crippen molar-refractivity contribution in [3.8, 4) is 0 Å². The van der Waals surface area contributed by atoms with Gasteiger partial charge in [-0.05, 0) is 31.3 Å². The molecule has 0 amide bonds. The van der Waals surface area contributed by atoms with Gasteiger partial charge in [0.15, 0.2) is 0 Å². The third-order valence-corrected chi connectivity index (χ3v) is 2.58. The van der Waals surface area contributed by atoms with Crippen LogP contribution < -0.4 is 0 Å². The highest BCUT2D eigenvalue weighted by atomic mass is 14.3. The maximum atomic E-state index is 7.20. The Morgan fingerprint density at radius 3 is 2.36 bits per heavy atom. The first-order chi connectivity index (χ1) is 5.38. The second-order valence-electron chi connectivity index (χ2n) is 3.27. The Kier molecular flexibility index (Phi) is 3.34. The molecule has 11 heavy (non-hydrogen) atoms. The molecule has 0 atom stereocenters. The second-order valence-corrected chi connectivity index (χ2v) is 3.27. The average Bonchev–Trinajstić information content (AvgIpc) is 2.09. The highest BCUT2D eigenvalue weighted by molar-refractivity contribution is 5.76. The van der Waals surface area contributed by atoms with Crippen LogP contribution in [0, 0.1) is 11.3 Å². The van der Waals surface area contributed by atoms with E-state index in [9.17, 15) is 0 Å². The Bertz CT molecular complexity index is 152. The zero-order valence-corrected chi connectivity index (χ0v) is 7.27. The summed E-state index contributed by atoms with van der Waals surface area (Å²) >= 11 is 0. The van der Waals surface area contributed by atoms with Gasteiger partial charge in [-0.3, -0.25) is 0 Å². The molecule has 1 aliphatic carbocycles. The fraction of sp³-hybridized carbons (Fsp3) is 0.700.